The molecule has 1 rings (SSSR count). The average Bonchev–Trinajstić information content (AvgIpc) is 2.26. The summed E-state index contributed by atoms with van der Waals surface area (Å²) < 4.78 is 0. The third-order valence-corrected chi connectivity index (χ3v) is 2.37. The summed E-state index contributed by atoms with van der Waals surface area (Å²) in [6.45, 7) is 1.13. The molecular formula is C12H9ClO4. The van der Waals surface area contributed by atoms with Gasteiger partial charge in [-0.2, -0.15) is 0 Å². The number of benzene rings is 1. The van der Waals surface area contributed by atoms with Gasteiger partial charge in [0.15, 0.2) is 5.78 Å². The van der Waals surface area contributed by atoms with Gasteiger partial charge in [-0.15, -0.1) is 0 Å². The van der Waals surface area contributed by atoms with Crippen molar-refractivity contribution in [2.24, 2.45) is 0 Å². The SMILES string of the molecule is CC(=O)/C(=C\c1ccccc1Cl)C(=O)C(=O)O. The third kappa shape index (κ3) is 3.26. The zero-order valence-corrected chi connectivity index (χ0v) is 9.69. The third-order valence-electron chi connectivity index (χ3n) is 2.02. The molecule has 0 aliphatic heterocycles. The molecule has 0 aromatic heterocycles. The Hall–Kier alpha value is -1.94. The highest BCUT2D eigenvalue weighted by atomic mass is 35.5. The van der Waals surface area contributed by atoms with Crippen molar-refractivity contribution in [3.05, 3.63) is 40.4 Å². The summed E-state index contributed by atoms with van der Waals surface area (Å²) in [6, 6.07) is 6.52. The molecule has 17 heavy (non-hydrogen) atoms. The Balaban J connectivity index is 3.25. The fourth-order valence-electron chi connectivity index (χ4n) is 1.19. The second-order valence-electron chi connectivity index (χ2n) is 3.27. The first kappa shape index (κ1) is 13.1. The summed E-state index contributed by atoms with van der Waals surface area (Å²) in [5, 5.41) is 8.91. The van der Waals surface area contributed by atoms with Crippen LogP contribution in [0.1, 0.15) is 12.5 Å². The fraction of sp³-hybridized carbons (Fsp3) is 0.0833. The van der Waals surface area contributed by atoms with Gasteiger partial charge in [-0.25, -0.2) is 4.79 Å². The first-order chi connectivity index (χ1) is 7.93. The van der Waals surface area contributed by atoms with Crippen LogP contribution in [0.4, 0.5) is 0 Å². The van der Waals surface area contributed by atoms with E-state index in [1.807, 2.05) is 0 Å². The molecule has 0 bridgehead atoms. The standard InChI is InChI=1S/C12H9ClO4/c1-7(14)9(11(15)12(16)17)6-8-4-2-3-5-10(8)13/h2-6H,1H3,(H,16,17)/b9-6+. The van der Waals surface area contributed by atoms with E-state index in [0.29, 0.717) is 10.6 Å². The molecule has 1 aromatic rings. The van der Waals surface area contributed by atoms with Crippen LogP contribution >= 0.6 is 11.6 Å². The maximum Gasteiger partial charge on any atom is 0.377 e. The lowest BCUT2D eigenvalue weighted by Crippen LogP contribution is -2.19. The molecule has 0 saturated carbocycles. The highest BCUT2D eigenvalue weighted by Crippen LogP contribution is 2.18. The Labute approximate surface area is 103 Å². The molecule has 1 aromatic carbocycles. The normalized spacial score (nSPS) is 11.1. The van der Waals surface area contributed by atoms with Crippen molar-refractivity contribution in [2.45, 2.75) is 6.92 Å². The monoisotopic (exact) mass is 252 g/mol. The number of carbonyl (C=O) groups is 3. The average molecular weight is 253 g/mol. The highest BCUT2D eigenvalue weighted by molar-refractivity contribution is 6.48. The molecule has 0 radical (unpaired) electrons. The summed E-state index contributed by atoms with van der Waals surface area (Å²) in [5.74, 6) is -3.52. The van der Waals surface area contributed by atoms with Crippen molar-refractivity contribution in [1.82, 2.24) is 0 Å². The maximum atomic E-state index is 11.3. The van der Waals surface area contributed by atoms with E-state index in [2.05, 4.69) is 0 Å². The molecule has 0 heterocycles. The second kappa shape index (κ2) is 5.41. The lowest BCUT2D eigenvalue weighted by atomic mass is 10.0. The number of Topliss-reactive ketones (excluding diaryl/α,β-unsaturated/α-hetero) is 2. The van der Waals surface area contributed by atoms with E-state index in [0.717, 1.165) is 6.92 Å². The van der Waals surface area contributed by atoms with Gasteiger partial charge in [0.2, 0.25) is 0 Å². The van der Waals surface area contributed by atoms with Crippen LogP contribution in [0, 0.1) is 0 Å². The van der Waals surface area contributed by atoms with Gasteiger partial charge in [0.05, 0.1) is 5.57 Å². The molecular weight excluding hydrogens is 244 g/mol. The summed E-state index contributed by atoms with van der Waals surface area (Å²) in [4.78, 5) is 33.0. The van der Waals surface area contributed by atoms with E-state index < -0.39 is 23.1 Å². The molecule has 0 saturated heterocycles. The van der Waals surface area contributed by atoms with E-state index in [4.69, 9.17) is 16.7 Å². The number of aliphatic carboxylic acids is 1. The van der Waals surface area contributed by atoms with Crippen LogP contribution < -0.4 is 0 Å². The number of rotatable bonds is 4. The molecule has 0 aliphatic rings. The van der Waals surface area contributed by atoms with Gasteiger partial charge < -0.3 is 5.11 Å². The van der Waals surface area contributed by atoms with E-state index in [1.165, 1.54) is 6.08 Å². The Bertz CT molecular complexity index is 517. The molecule has 0 amide bonds. The van der Waals surface area contributed by atoms with Crippen LogP contribution in [0.15, 0.2) is 29.8 Å². The predicted octanol–water partition coefficient (Wildman–Crippen LogP) is 1.97. The van der Waals surface area contributed by atoms with Crippen LogP contribution in [-0.2, 0) is 14.4 Å². The number of hydrogen-bond acceptors (Lipinski definition) is 3. The summed E-state index contributed by atoms with van der Waals surface area (Å²) >= 11 is 5.84. The topological polar surface area (TPSA) is 71.4 Å². The molecule has 0 aliphatic carbocycles. The van der Waals surface area contributed by atoms with Crippen molar-refractivity contribution in [2.75, 3.05) is 0 Å². The van der Waals surface area contributed by atoms with Gasteiger partial charge in [0.25, 0.3) is 5.78 Å². The first-order valence-electron chi connectivity index (χ1n) is 4.68. The smallest absolute Gasteiger partial charge is 0.377 e. The van der Waals surface area contributed by atoms with Crippen molar-refractivity contribution in [3.8, 4) is 0 Å². The zero-order chi connectivity index (χ0) is 13.0. The second-order valence-corrected chi connectivity index (χ2v) is 3.68. The first-order valence-corrected chi connectivity index (χ1v) is 5.06. The van der Waals surface area contributed by atoms with Crippen LogP contribution in [0.2, 0.25) is 5.02 Å². The molecule has 1 N–H and O–H groups in total. The lowest BCUT2D eigenvalue weighted by molar-refractivity contribution is -0.147. The van der Waals surface area contributed by atoms with Gasteiger partial charge in [-0.1, -0.05) is 29.8 Å². The predicted molar refractivity (Wildman–Crippen MR) is 62.8 cm³/mol. The number of carboxylic acids is 1. The fourth-order valence-corrected chi connectivity index (χ4v) is 1.38. The largest absolute Gasteiger partial charge is 0.475 e. The molecule has 0 fully saturated rings. The quantitative estimate of drug-likeness (QED) is 0.385. The Morgan fingerprint density at radius 1 is 1.24 bits per heavy atom. The number of carbonyl (C=O) groups excluding carboxylic acids is 2. The van der Waals surface area contributed by atoms with Crippen LogP contribution in [-0.4, -0.2) is 22.6 Å². The van der Waals surface area contributed by atoms with E-state index in [1.54, 1.807) is 24.3 Å². The van der Waals surface area contributed by atoms with Crippen molar-refractivity contribution < 1.29 is 19.5 Å². The maximum absolute atomic E-state index is 11.3. The van der Waals surface area contributed by atoms with Crippen LogP contribution in [0.25, 0.3) is 6.08 Å². The summed E-state index contributed by atoms with van der Waals surface area (Å²) in [6.07, 6.45) is 1.18. The van der Waals surface area contributed by atoms with Crippen molar-refractivity contribution in [3.63, 3.8) is 0 Å². The van der Waals surface area contributed by atoms with Gasteiger partial charge in [0.1, 0.15) is 0 Å². The van der Waals surface area contributed by atoms with Gasteiger partial charge in [-0.3, -0.25) is 9.59 Å². The van der Waals surface area contributed by atoms with Crippen LogP contribution in [0.5, 0.6) is 0 Å². The Kier molecular flexibility index (Phi) is 4.17. The minimum atomic E-state index is -1.67. The van der Waals surface area contributed by atoms with Crippen molar-refractivity contribution in [1.29, 1.82) is 0 Å². The number of ketones is 2. The number of halogens is 1. The Morgan fingerprint density at radius 2 is 1.82 bits per heavy atom. The Morgan fingerprint density at radius 3 is 2.29 bits per heavy atom. The number of hydrogen-bond donors (Lipinski definition) is 1. The highest BCUT2D eigenvalue weighted by Gasteiger charge is 2.21. The van der Waals surface area contributed by atoms with Crippen LogP contribution in [0.3, 0.4) is 0 Å². The molecule has 5 heteroatoms. The molecule has 88 valence electrons. The molecule has 0 unspecified atom stereocenters. The van der Waals surface area contributed by atoms with Gasteiger partial charge in [-0.05, 0) is 24.6 Å². The minimum Gasteiger partial charge on any atom is -0.475 e. The summed E-state index contributed by atoms with van der Waals surface area (Å²) in [5.41, 5.74) is 0.0274. The molecule has 4 nitrogen and oxygen atoms in total. The number of carboxylic acid groups (broad SMARTS) is 1. The van der Waals surface area contributed by atoms with Crippen molar-refractivity contribution >= 4 is 35.2 Å². The van der Waals surface area contributed by atoms with E-state index in [-0.39, 0.29) is 0 Å². The van der Waals surface area contributed by atoms with Gasteiger partial charge in [0, 0.05) is 5.02 Å². The molecule has 0 spiro atoms. The van der Waals surface area contributed by atoms with E-state index in [9.17, 15) is 14.4 Å². The summed E-state index contributed by atoms with van der Waals surface area (Å²) in [7, 11) is 0. The lowest BCUT2D eigenvalue weighted by Gasteiger charge is -2.01. The van der Waals surface area contributed by atoms with E-state index >= 15 is 0 Å². The molecule has 0 atom stereocenters. The zero-order valence-electron chi connectivity index (χ0n) is 8.94. The minimum absolute atomic E-state index is 0.337. The van der Waals surface area contributed by atoms with Gasteiger partial charge >= 0.3 is 5.97 Å².